The Morgan fingerprint density at radius 2 is 1.93 bits per heavy atom. The summed E-state index contributed by atoms with van der Waals surface area (Å²) in [6, 6.07) is 11.5. The molecule has 0 bridgehead atoms. The first-order valence-electron chi connectivity index (χ1n) is 9.46. The number of halogens is 3. The topological polar surface area (TPSA) is 60.6 Å². The predicted octanol–water partition coefficient (Wildman–Crippen LogP) is 4.65. The van der Waals surface area contributed by atoms with Crippen LogP contribution in [0.2, 0.25) is 0 Å². The minimum atomic E-state index is -2.95. The molecule has 1 aliphatic carbocycles. The van der Waals surface area contributed by atoms with E-state index in [2.05, 4.69) is 19.8 Å². The fraction of sp³-hybridized carbons (Fsp3) is 0.333. The van der Waals surface area contributed by atoms with Gasteiger partial charge < -0.3 is 14.0 Å². The van der Waals surface area contributed by atoms with Crippen molar-refractivity contribution in [2.45, 2.75) is 38.6 Å². The SMILES string of the molecule is COc1cc(-c2noc(CN(Cc3ccccc3F)C3CC3)n2)ccc1OC(F)F. The molecule has 3 aromatic rings. The summed E-state index contributed by atoms with van der Waals surface area (Å²) in [5.74, 6) is 0.504. The average molecular weight is 419 g/mol. The number of hydrogen-bond acceptors (Lipinski definition) is 6. The van der Waals surface area contributed by atoms with Gasteiger partial charge in [-0.3, -0.25) is 4.90 Å². The number of nitrogens with zero attached hydrogens (tertiary/aromatic N) is 3. The molecule has 0 N–H and O–H groups in total. The van der Waals surface area contributed by atoms with Crippen LogP contribution in [0.1, 0.15) is 24.3 Å². The van der Waals surface area contributed by atoms with Crippen LogP contribution in [0, 0.1) is 5.82 Å². The monoisotopic (exact) mass is 419 g/mol. The number of methoxy groups -OCH3 is 1. The van der Waals surface area contributed by atoms with Crippen molar-refractivity contribution in [2.24, 2.45) is 0 Å². The first-order valence-corrected chi connectivity index (χ1v) is 9.46. The van der Waals surface area contributed by atoms with Crippen LogP contribution in [-0.2, 0) is 13.1 Å². The van der Waals surface area contributed by atoms with E-state index in [1.807, 2.05) is 6.07 Å². The Balaban J connectivity index is 1.50. The lowest BCUT2D eigenvalue weighted by Gasteiger charge is -2.20. The van der Waals surface area contributed by atoms with Gasteiger partial charge in [0, 0.05) is 23.7 Å². The Morgan fingerprint density at radius 1 is 1.13 bits per heavy atom. The number of benzene rings is 2. The van der Waals surface area contributed by atoms with Crippen molar-refractivity contribution in [1.29, 1.82) is 0 Å². The van der Waals surface area contributed by atoms with Crippen LogP contribution in [0.5, 0.6) is 11.5 Å². The Hall–Kier alpha value is -3.07. The largest absolute Gasteiger partial charge is 0.493 e. The molecule has 9 heteroatoms. The van der Waals surface area contributed by atoms with Gasteiger partial charge in [0.2, 0.25) is 11.7 Å². The van der Waals surface area contributed by atoms with Crippen LogP contribution < -0.4 is 9.47 Å². The molecule has 1 fully saturated rings. The zero-order valence-electron chi connectivity index (χ0n) is 16.2. The lowest BCUT2D eigenvalue weighted by molar-refractivity contribution is -0.0512. The molecular formula is C21H20F3N3O3. The normalized spacial score (nSPS) is 13.8. The third-order valence-electron chi connectivity index (χ3n) is 4.84. The van der Waals surface area contributed by atoms with Crippen LogP contribution in [0.15, 0.2) is 47.0 Å². The van der Waals surface area contributed by atoms with Gasteiger partial charge in [0.05, 0.1) is 13.7 Å². The second-order valence-corrected chi connectivity index (χ2v) is 6.98. The minimum absolute atomic E-state index is 0.0789. The molecule has 30 heavy (non-hydrogen) atoms. The van der Waals surface area contributed by atoms with E-state index in [1.54, 1.807) is 18.2 Å². The van der Waals surface area contributed by atoms with Crippen molar-refractivity contribution in [3.8, 4) is 22.9 Å². The lowest BCUT2D eigenvalue weighted by Crippen LogP contribution is -2.25. The highest BCUT2D eigenvalue weighted by Crippen LogP contribution is 2.33. The van der Waals surface area contributed by atoms with Crippen molar-refractivity contribution in [2.75, 3.05) is 7.11 Å². The molecule has 158 valence electrons. The van der Waals surface area contributed by atoms with E-state index in [9.17, 15) is 13.2 Å². The smallest absolute Gasteiger partial charge is 0.387 e. The maximum Gasteiger partial charge on any atom is 0.387 e. The molecule has 1 aromatic heterocycles. The fourth-order valence-corrected chi connectivity index (χ4v) is 3.21. The molecule has 0 saturated heterocycles. The van der Waals surface area contributed by atoms with Crippen molar-refractivity contribution in [1.82, 2.24) is 15.0 Å². The van der Waals surface area contributed by atoms with Crippen molar-refractivity contribution < 1.29 is 27.2 Å². The zero-order chi connectivity index (χ0) is 21.1. The zero-order valence-corrected chi connectivity index (χ0v) is 16.2. The van der Waals surface area contributed by atoms with Gasteiger partial charge >= 0.3 is 6.61 Å². The highest BCUT2D eigenvalue weighted by Gasteiger charge is 2.31. The molecule has 4 rings (SSSR count). The molecule has 6 nitrogen and oxygen atoms in total. The molecule has 0 spiro atoms. The second-order valence-electron chi connectivity index (χ2n) is 6.98. The van der Waals surface area contributed by atoms with Gasteiger partial charge in [-0.15, -0.1) is 0 Å². The highest BCUT2D eigenvalue weighted by molar-refractivity contribution is 5.60. The molecule has 1 aliphatic rings. The molecule has 0 aliphatic heterocycles. The molecule has 0 radical (unpaired) electrons. The Morgan fingerprint density at radius 3 is 2.63 bits per heavy atom. The maximum atomic E-state index is 14.0. The summed E-state index contributed by atoms with van der Waals surface area (Å²) in [4.78, 5) is 6.51. The predicted molar refractivity (Wildman–Crippen MR) is 102 cm³/mol. The van der Waals surface area contributed by atoms with Crippen LogP contribution in [-0.4, -0.2) is 34.8 Å². The minimum Gasteiger partial charge on any atom is -0.493 e. The van der Waals surface area contributed by atoms with Gasteiger partial charge in [0.15, 0.2) is 11.5 Å². The van der Waals surface area contributed by atoms with Crippen molar-refractivity contribution in [3.05, 3.63) is 59.7 Å². The summed E-state index contributed by atoms with van der Waals surface area (Å²) in [6.07, 6.45) is 2.08. The molecule has 1 heterocycles. The Bertz CT molecular complexity index is 1010. The maximum absolute atomic E-state index is 14.0. The van der Waals surface area contributed by atoms with Crippen molar-refractivity contribution in [3.63, 3.8) is 0 Å². The van der Waals surface area contributed by atoms with E-state index in [-0.39, 0.29) is 17.3 Å². The van der Waals surface area contributed by atoms with E-state index >= 15 is 0 Å². The summed E-state index contributed by atoms with van der Waals surface area (Å²) in [5, 5.41) is 3.98. The van der Waals surface area contributed by atoms with Crippen molar-refractivity contribution >= 4 is 0 Å². The third kappa shape index (κ3) is 4.73. The first kappa shape index (κ1) is 20.2. The summed E-state index contributed by atoms with van der Waals surface area (Å²) < 4.78 is 53.9. The van der Waals surface area contributed by atoms with Crippen LogP contribution in [0.4, 0.5) is 13.2 Å². The second kappa shape index (κ2) is 8.74. The molecular weight excluding hydrogens is 399 g/mol. The van der Waals surface area contributed by atoms with E-state index in [1.165, 1.54) is 25.3 Å². The summed E-state index contributed by atoms with van der Waals surface area (Å²) in [6.45, 7) is -2.12. The van der Waals surface area contributed by atoms with Gasteiger partial charge in [-0.2, -0.15) is 13.8 Å². The molecule has 0 unspecified atom stereocenters. The summed E-state index contributed by atoms with van der Waals surface area (Å²) in [7, 11) is 1.36. The van der Waals surface area contributed by atoms with Gasteiger partial charge in [-0.05, 0) is 37.1 Å². The first-order chi connectivity index (χ1) is 14.5. The van der Waals surface area contributed by atoms with Gasteiger partial charge in [0.25, 0.3) is 0 Å². The number of ether oxygens (including phenoxy) is 2. The third-order valence-corrected chi connectivity index (χ3v) is 4.84. The number of alkyl halides is 2. The number of aromatic nitrogens is 2. The number of hydrogen-bond donors (Lipinski definition) is 0. The molecule has 0 atom stereocenters. The van der Waals surface area contributed by atoms with E-state index < -0.39 is 6.61 Å². The molecule has 2 aromatic carbocycles. The Kier molecular flexibility index (Phi) is 5.89. The molecule has 1 saturated carbocycles. The van der Waals surface area contributed by atoms with Gasteiger partial charge in [-0.1, -0.05) is 23.4 Å². The van der Waals surface area contributed by atoms with Gasteiger partial charge in [-0.25, -0.2) is 4.39 Å². The van der Waals surface area contributed by atoms with E-state index in [4.69, 9.17) is 9.26 Å². The summed E-state index contributed by atoms with van der Waals surface area (Å²) >= 11 is 0. The van der Waals surface area contributed by atoms with E-state index in [0.29, 0.717) is 42.0 Å². The highest BCUT2D eigenvalue weighted by atomic mass is 19.3. The van der Waals surface area contributed by atoms with E-state index in [0.717, 1.165) is 12.8 Å². The quantitative estimate of drug-likeness (QED) is 0.503. The van der Waals surface area contributed by atoms with Crippen LogP contribution in [0.3, 0.4) is 0 Å². The fourth-order valence-electron chi connectivity index (χ4n) is 3.21. The molecule has 0 amide bonds. The van der Waals surface area contributed by atoms with Crippen LogP contribution >= 0.6 is 0 Å². The van der Waals surface area contributed by atoms with Crippen LogP contribution in [0.25, 0.3) is 11.4 Å². The Labute approximate surface area is 171 Å². The van der Waals surface area contributed by atoms with Gasteiger partial charge in [0.1, 0.15) is 5.82 Å². The summed E-state index contributed by atoms with van der Waals surface area (Å²) in [5.41, 5.74) is 1.15. The number of rotatable bonds is 9. The standard InChI is InChI=1S/C21H20F3N3O3/c1-28-18-10-13(6-9-17(18)29-21(23)24)20-25-19(30-26-20)12-27(15-7-8-15)11-14-4-2-3-5-16(14)22/h2-6,9-10,15,21H,7-8,11-12H2,1H3. The lowest BCUT2D eigenvalue weighted by atomic mass is 10.2. The average Bonchev–Trinajstić information content (AvgIpc) is 3.48.